The van der Waals surface area contributed by atoms with E-state index in [1.165, 1.54) is 0 Å². The van der Waals surface area contributed by atoms with Crippen LogP contribution in [0.5, 0.6) is 11.5 Å². The number of nitrogens with one attached hydrogen (secondary N) is 1. The Kier molecular flexibility index (Phi) is 6.65. The highest BCUT2D eigenvalue weighted by atomic mass is 16.5. The maximum atomic E-state index is 12.4. The second-order valence-corrected chi connectivity index (χ2v) is 6.82. The summed E-state index contributed by atoms with van der Waals surface area (Å²) in [4.78, 5) is 19.3. The molecule has 2 heterocycles. The van der Waals surface area contributed by atoms with Crippen LogP contribution in [-0.2, 0) is 6.54 Å². The summed E-state index contributed by atoms with van der Waals surface area (Å²) in [6.07, 6.45) is 4.00. The average Bonchev–Trinajstić information content (AvgIpc) is 2.73. The number of hydrogen-bond acceptors (Lipinski definition) is 5. The average molecular weight is 369 g/mol. The van der Waals surface area contributed by atoms with Gasteiger partial charge in [0.05, 0.1) is 19.9 Å². The number of likely N-dealkylation sites (tertiary alicyclic amines) is 1. The van der Waals surface area contributed by atoms with Crippen molar-refractivity contribution in [2.75, 3.05) is 33.9 Å². The summed E-state index contributed by atoms with van der Waals surface area (Å²) in [7, 11) is 3.15. The largest absolute Gasteiger partial charge is 0.493 e. The molecule has 0 spiro atoms. The van der Waals surface area contributed by atoms with Crippen molar-refractivity contribution in [1.82, 2.24) is 15.2 Å². The molecule has 3 rings (SSSR count). The number of methoxy groups -OCH3 is 2. The fourth-order valence-corrected chi connectivity index (χ4v) is 3.39. The lowest BCUT2D eigenvalue weighted by Crippen LogP contribution is -2.38. The third kappa shape index (κ3) is 5.20. The molecular weight excluding hydrogens is 342 g/mol. The molecule has 1 amide bonds. The van der Waals surface area contributed by atoms with Crippen LogP contribution in [0.4, 0.5) is 0 Å². The van der Waals surface area contributed by atoms with Gasteiger partial charge in [0.25, 0.3) is 5.91 Å². The molecule has 1 aromatic carbocycles. The minimum Gasteiger partial charge on any atom is -0.493 e. The van der Waals surface area contributed by atoms with Crippen molar-refractivity contribution in [1.29, 1.82) is 0 Å². The standard InChI is InChI=1S/C21H27N3O3/c1-26-19-7-6-17(13-20(19)27-2)21(25)23-14-16-8-11-24(12-9-16)15-18-5-3-4-10-22-18/h3-7,10,13,16H,8-9,11-12,14-15H2,1-2H3,(H,23,25). The van der Waals surface area contributed by atoms with Crippen molar-refractivity contribution in [2.24, 2.45) is 5.92 Å². The number of pyridine rings is 1. The van der Waals surface area contributed by atoms with Crippen LogP contribution in [0, 0.1) is 5.92 Å². The van der Waals surface area contributed by atoms with Gasteiger partial charge in [0.15, 0.2) is 11.5 Å². The minimum absolute atomic E-state index is 0.0770. The van der Waals surface area contributed by atoms with E-state index in [-0.39, 0.29) is 5.91 Å². The predicted molar refractivity (Wildman–Crippen MR) is 104 cm³/mol. The van der Waals surface area contributed by atoms with Gasteiger partial charge in [-0.2, -0.15) is 0 Å². The third-order valence-corrected chi connectivity index (χ3v) is 5.02. The van der Waals surface area contributed by atoms with Gasteiger partial charge in [0.1, 0.15) is 0 Å². The highest BCUT2D eigenvalue weighted by Gasteiger charge is 2.20. The molecule has 0 aliphatic carbocycles. The molecule has 2 aromatic rings. The van der Waals surface area contributed by atoms with Crippen molar-refractivity contribution >= 4 is 5.91 Å². The zero-order valence-electron chi connectivity index (χ0n) is 16.0. The summed E-state index contributed by atoms with van der Waals surface area (Å²) in [5, 5.41) is 3.06. The van der Waals surface area contributed by atoms with Crippen LogP contribution in [0.3, 0.4) is 0 Å². The first kappa shape index (κ1) is 19.2. The predicted octanol–water partition coefficient (Wildman–Crippen LogP) is 2.74. The van der Waals surface area contributed by atoms with E-state index in [4.69, 9.17) is 9.47 Å². The molecule has 1 aliphatic rings. The quantitative estimate of drug-likeness (QED) is 0.813. The van der Waals surface area contributed by atoms with Crippen LogP contribution < -0.4 is 14.8 Å². The minimum atomic E-state index is -0.0770. The first-order chi connectivity index (χ1) is 13.2. The first-order valence-electron chi connectivity index (χ1n) is 9.32. The van der Waals surface area contributed by atoms with Crippen LogP contribution in [0.2, 0.25) is 0 Å². The fourth-order valence-electron chi connectivity index (χ4n) is 3.39. The highest BCUT2D eigenvalue weighted by molar-refractivity contribution is 5.94. The van der Waals surface area contributed by atoms with E-state index in [2.05, 4.69) is 21.3 Å². The Morgan fingerprint density at radius 3 is 2.59 bits per heavy atom. The van der Waals surface area contributed by atoms with E-state index < -0.39 is 0 Å². The summed E-state index contributed by atoms with van der Waals surface area (Å²) in [5.41, 5.74) is 1.69. The number of aromatic nitrogens is 1. The number of hydrogen-bond donors (Lipinski definition) is 1. The first-order valence-corrected chi connectivity index (χ1v) is 9.32. The fraction of sp³-hybridized carbons (Fsp3) is 0.429. The molecule has 0 radical (unpaired) electrons. The van der Waals surface area contributed by atoms with Crippen LogP contribution in [0.25, 0.3) is 0 Å². The molecule has 144 valence electrons. The second-order valence-electron chi connectivity index (χ2n) is 6.82. The van der Waals surface area contributed by atoms with E-state index in [0.29, 0.717) is 29.5 Å². The van der Waals surface area contributed by atoms with Gasteiger partial charge in [-0.25, -0.2) is 0 Å². The molecule has 27 heavy (non-hydrogen) atoms. The molecule has 0 unspecified atom stereocenters. The summed E-state index contributed by atoms with van der Waals surface area (Å²) >= 11 is 0. The number of rotatable bonds is 7. The van der Waals surface area contributed by atoms with Crippen LogP contribution >= 0.6 is 0 Å². The van der Waals surface area contributed by atoms with E-state index in [1.807, 2.05) is 18.3 Å². The second kappa shape index (κ2) is 9.37. The number of carbonyl (C=O) groups excluding carboxylic acids is 1. The normalized spacial score (nSPS) is 15.3. The number of ether oxygens (including phenoxy) is 2. The van der Waals surface area contributed by atoms with Gasteiger partial charge < -0.3 is 14.8 Å². The van der Waals surface area contributed by atoms with Gasteiger partial charge >= 0.3 is 0 Å². The molecule has 6 nitrogen and oxygen atoms in total. The van der Waals surface area contributed by atoms with Gasteiger partial charge in [-0.1, -0.05) is 6.07 Å². The van der Waals surface area contributed by atoms with E-state index >= 15 is 0 Å². The van der Waals surface area contributed by atoms with Crippen molar-refractivity contribution < 1.29 is 14.3 Å². The number of carbonyl (C=O) groups is 1. The van der Waals surface area contributed by atoms with Gasteiger partial charge in [0.2, 0.25) is 0 Å². The van der Waals surface area contributed by atoms with Gasteiger partial charge in [-0.15, -0.1) is 0 Å². The Morgan fingerprint density at radius 2 is 1.93 bits per heavy atom. The van der Waals surface area contributed by atoms with Crippen LogP contribution in [-0.4, -0.2) is 49.6 Å². The van der Waals surface area contributed by atoms with Crippen molar-refractivity contribution in [3.63, 3.8) is 0 Å². The third-order valence-electron chi connectivity index (χ3n) is 5.02. The lowest BCUT2D eigenvalue weighted by atomic mass is 9.96. The monoisotopic (exact) mass is 369 g/mol. The number of benzene rings is 1. The summed E-state index contributed by atoms with van der Waals surface area (Å²) in [5.74, 6) is 1.61. The molecule has 1 N–H and O–H groups in total. The molecule has 1 saturated heterocycles. The van der Waals surface area contributed by atoms with Crippen molar-refractivity contribution in [3.05, 3.63) is 53.9 Å². The molecular formula is C21H27N3O3. The zero-order valence-corrected chi connectivity index (χ0v) is 16.0. The molecule has 0 atom stereocenters. The van der Waals surface area contributed by atoms with Crippen molar-refractivity contribution in [2.45, 2.75) is 19.4 Å². The van der Waals surface area contributed by atoms with E-state index in [0.717, 1.165) is 38.2 Å². The topological polar surface area (TPSA) is 63.7 Å². The number of piperidine rings is 1. The maximum Gasteiger partial charge on any atom is 0.251 e. The Bertz CT molecular complexity index is 744. The Labute approximate surface area is 160 Å². The van der Waals surface area contributed by atoms with Gasteiger partial charge in [-0.3, -0.25) is 14.7 Å². The molecule has 1 fully saturated rings. The van der Waals surface area contributed by atoms with E-state index in [1.54, 1.807) is 32.4 Å². The lowest BCUT2D eigenvalue weighted by Gasteiger charge is -2.31. The summed E-state index contributed by atoms with van der Waals surface area (Å²) < 4.78 is 10.5. The van der Waals surface area contributed by atoms with Crippen molar-refractivity contribution in [3.8, 4) is 11.5 Å². The molecule has 0 saturated carbocycles. The Balaban J connectivity index is 1.45. The Morgan fingerprint density at radius 1 is 1.15 bits per heavy atom. The Hall–Kier alpha value is -2.60. The highest BCUT2D eigenvalue weighted by Crippen LogP contribution is 2.27. The lowest BCUT2D eigenvalue weighted by molar-refractivity contribution is 0.0934. The molecule has 6 heteroatoms. The number of amides is 1. The maximum absolute atomic E-state index is 12.4. The molecule has 1 aliphatic heterocycles. The summed E-state index contributed by atoms with van der Waals surface area (Å²) in [6.45, 7) is 3.66. The zero-order chi connectivity index (χ0) is 19.1. The van der Waals surface area contributed by atoms with Gasteiger partial charge in [0, 0.05) is 24.8 Å². The smallest absolute Gasteiger partial charge is 0.251 e. The SMILES string of the molecule is COc1ccc(C(=O)NCC2CCN(Cc3ccccn3)CC2)cc1OC. The molecule has 1 aromatic heterocycles. The van der Waals surface area contributed by atoms with Crippen LogP contribution in [0.1, 0.15) is 28.9 Å². The van der Waals surface area contributed by atoms with Gasteiger partial charge in [-0.05, 0) is 62.2 Å². The van der Waals surface area contributed by atoms with E-state index in [9.17, 15) is 4.79 Å². The summed E-state index contributed by atoms with van der Waals surface area (Å²) in [6, 6.07) is 11.3. The molecule has 0 bridgehead atoms. The van der Waals surface area contributed by atoms with Crippen LogP contribution in [0.15, 0.2) is 42.6 Å². The number of nitrogens with zero attached hydrogens (tertiary/aromatic N) is 2.